The summed E-state index contributed by atoms with van der Waals surface area (Å²) in [5.74, 6) is -2.98. The summed E-state index contributed by atoms with van der Waals surface area (Å²) in [6.45, 7) is 2.29. The number of hydrogen-bond donors (Lipinski definition) is 0. The maximum atomic E-state index is 12.8. The molecule has 1 aromatic rings. The van der Waals surface area contributed by atoms with E-state index in [1.807, 2.05) is 37.3 Å². The quantitative estimate of drug-likeness (QED) is 0.719. The van der Waals surface area contributed by atoms with E-state index in [0.29, 0.717) is 6.54 Å². The predicted octanol–water partition coefficient (Wildman–Crippen LogP) is 0.0313. The number of carboxylic acid groups (broad SMARTS) is 1. The lowest BCUT2D eigenvalue weighted by molar-refractivity contribution is -0.313. The Hall–Kier alpha value is -2.14. The number of carboxylic acids is 1. The summed E-state index contributed by atoms with van der Waals surface area (Å²) in [6, 6.07) is 7.57. The van der Waals surface area contributed by atoms with Gasteiger partial charge in [-0.05, 0) is 18.6 Å². The second-order valence-corrected chi connectivity index (χ2v) is 5.93. The minimum absolute atomic E-state index is 0.189. The Morgan fingerprint density at radius 3 is 2.90 bits per heavy atom. The Morgan fingerprint density at radius 2 is 2.19 bits per heavy atom. The number of carbonyl (C=O) groups excluding carboxylic acids is 2. The molecule has 0 N–H and O–H groups in total. The van der Waals surface area contributed by atoms with Gasteiger partial charge in [-0.15, -0.1) is 0 Å². The van der Waals surface area contributed by atoms with E-state index in [4.69, 9.17) is 4.74 Å². The average molecular weight is 284 g/mol. The highest BCUT2D eigenvalue weighted by Gasteiger charge is 2.65. The molecule has 3 heterocycles. The molecule has 0 saturated carbocycles. The second-order valence-electron chi connectivity index (χ2n) is 5.93. The smallest absolute Gasteiger partial charge is 0.234 e. The number of anilines is 1. The molecule has 1 aromatic carbocycles. The number of hydrogen-bond acceptors (Lipinski definition) is 4. The van der Waals surface area contributed by atoms with Gasteiger partial charge < -0.3 is 19.5 Å². The number of para-hydroxylation sites is 1. The van der Waals surface area contributed by atoms with Crippen LogP contribution < -0.4 is 10.0 Å². The molecular formula is C16H14NO4-. The summed E-state index contributed by atoms with van der Waals surface area (Å²) in [5, 5.41) is 11.4. The molecule has 2 bridgehead atoms. The molecule has 2 fully saturated rings. The van der Waals surface area contributed by atoms with Gasteiger partial charge in [-0.2, -0.15) is 0 Å². The molecule has 3 aliphatic heterocycles. The number of rotatable bonds is 2. The molecular weight excluding hydrogens is 270 g/mol. The fourth-order valence-electron chi connectivity index (χ4n) is 3.84. The first kappa shape index (κ1) is 12.6. The summed E-state index contributed by atoms with van der Waals surface area (Å²) < 4.78 is 5.83. The molecule has 5 heteroatoms. The molecule has 0 aromatic heterocycles. The lowest BCUT2D eigenvalue weighted by atomic mass is 9.77. The molecule has 108 valence electrons. The van der Waals surface area contributed by atoms with Crippen molar-refractivity contribution in [3.8, 4) is 0 Å². The van der Waals surface area contributed by atoms with Crippen LogP contribution in [0.1, 0.15) is 5.56 Å². The van der Waals surface area contributed by atoms with E-state index in [-0.39, 0.29) is 5.91 Å². The minimum atomic E-state index is -1.21. The number of aryl methyl sites for hydroxylation is 1. The van der Waals surface area contributed by atoms with Gasteiger partial charge in [0.25, 0.3) is 0 Å². The van der Waals surface area contributed by atoms with Crippen molar-refractivity contribution in [3.05, 3.63) is 42.0 Å². The van der Waals surface area contributed by atoms with Crippen molar-refractivity contribution >= 4 is 17.6 Å². The number of aliphatic carboxylic acids is 1. The van der Waals surface area contributed by atoms with Gasteiger partial charge in [0.05, 0.1) is 18.6 Å². The van der Waals surface area contributed by atoms with Crippen LogP contribution in [0.4, 0.5) is 5.69 Å². The van der Waals surface area contributed by atoms with Crippen molar-refractivity contribution < 1.29 is 19.4 Å². The van der Waals surface area contributed by atoms with E-state index in [9.17, 15) is 14.7 Å². The SMILES string of the molecule is Cc1ccccc1N1C[C@]23C=C[C@H](O2)[C@H](C(=O)[O-])[C@H]3C1=O. The summed E-state index contributed by atoms with van der Waals surface area (Å²) >= 11 is 0. The lowest BCUT2D eigenvalue weighted by Crippen LogP contribution is -2.45. The molecule has 0 radical (unpaired) electrons. The monoisotopic (exact) mass is 284 g/mol. The third kappa shape index (κ3) is 1.49. The fraction of sp³-hybridized carbons (Fsp3) is 0.375. The van der Waals surface area contributed by atoms with Gasteiger partial charge in [-0.3, -0.25) is 4.79 Å². The highest BCUT2D eigenvalue weighted by Crippen LogP contribution is 2.52. The average Bonchev–Trinajstić information content (AvgIpc) is 3.08. The highest BCUT2D eigenvalue weighted by molar-refractivity contribution is 6.02. The maximum Gasteiger partial charge on any atom is 0.234 e. The zero-order chi connectivity index (χ0) is 14.8. The van der Waals surface area contributed by atoms with Crippen molar-refractivity contribution in [2.45, 2.75) is 18.6 Å². The van der Waals surface area contributed by atoms with Crippen molar-refractivity contribution in [1.82, 2.24) is 0 Å². The van der Waals surface area contributed by atoms with Gasteiger partial charge in [0.2, 0.25) is 5.91 Å². The van der Waals surface area contributed by atoms with E-state index in [1.165, 1.54) is 0 Å². The molecule has 2 saturated heterocycles. The number of benzene rings is 1. The second kappa shape index (κ2) is 3.95. The number of nitrogens with zero attached hydrogens (tertiary/aromatic N) is 1. The van der Waals surface area contributed by atoms with Gasteiger partial charge in [-0.1, -0.05) is 30.4 Å². The van der Waals surface area contributed by atoms with Crippen LogP contribution in [0, 0.1) is 18.8 Å². The summed E-state index contributed by atoms with van der Waals surface area (Å²) in [7, 11) is 0. The maximum absolute atomic E-state index is 12.8. The number of carbonyl (C=O) groups is 2. The van der Waals surface area contributed by atoms with E-state index in [1.54, 1.807) is 11.0 Å². The molecule has 1 amide bonds. The zero-order valence-corrected chi connectivity index (χ0v) is 11.5. The normalized spacial score (nSPS) is 36.3. The third-order valence-electron chi connectivity index (χ3n) is 4.78. The molecule has 0 aliphatic carbocycles. The van der Waals surface area contributed by atoms with Crippen LogP contribution in [-0.4, -0.2) is 30.1 Å². The highest BCUT2D eigenvalue weighted by atomic mass is 16.5. The van der Waals surface area contributed by atoms with Crippen LogP contribution in [-0.2, 0) is 14.3 Å². The molecule has 4 atom stereocenters. The molecule has 0 unspecified atom stereocenters. The third-order valence-corrected chi connectivity index (χ3v) is 4.78. The Bertz CT molecular complexity index is 683. The summed E-state index contributed by atoms with van der Waals surface area (Å²) in [6.07, 6.45) is 3.05. The van der Waals surface area contributed by atoms with E-state index in [0.717, 1.165) is 11.3 Å². The Morgan fingerprint density at radius 1 is 1.43 bits per heavy atom. The summed E-state index contributed by atoms with van der Waals surface area (Å²) in [5.41, 5.74) is 0.976. The first-order valence-electron chi connectivity index (χ1n) is 6.98. The van der Waals surface area contributed by atoms with Crippen LogP contribution in [0.3, 0.4) is 0 Å². The van der Waals surface area contributed by atoms with Gasteiger partial charge >= 0.3 is 0 Å². The van der Waals surface area contributed by atoms with Crippen LogP contribution in [0.2, 0.25) is 0 Å². The van der Waals surface area contributed by atoms with E-state index in [2.05, 4.69) is 0 Å². The van der Waals surface area contributed by atoms with Crippen molar-refractivity contribution in [3.63, 3.8) is 0 Å². The largest absolute Gasteiger partial charge is 0.550 e. The van der Waals surface area contributed by atoms with Crippen LogP contribution >= 0.6 is 0 Å². The molecule has 3 aliphatic rings. The Balaban J connectivity index is 1.78. The van der Waals surface area contributed by atoms with Crippen molar-refractivity contribution in [2.24, 2.45) is 11.8 Å². The van der Waals surface area contributed by atoms with E-state index < -0.39 is 29.5 Å². The Labute approximate surface area is 121 Å². The van der Waals surface area contributed by atoms with Crippen LogP contribution in [0.25, 0.3) is 0 Å². The number of amides is 1. The standard InChI is InChI=1S/C16H15NO4/c1-9-4-2-3-5-10(9)17-8-16-7-6-11(21-16)12(15(19)20)13(16)14(17)18/h2-7,11-13H,8H2,1H3,(H,19,20)/p-1/t11-,12-,13-,16-/m0/s1. The first-order chi connectivity index (χ1) is 10.0. The first-order valence-corrected chi connectivity index (χ1v) is 6.98. The number of ether oxygens (including phenoxy) is 1. The van der Waals surface area contributed by atoms with Crippen molar-refractivity contribution in [1.29, 1.82) is 0 Å². The lowest BCUT2D eigenvalue weighted by Gasteiger charge is -2.24. The van der Waals surface area contributed by atoms with Gasteiger partial charge in [0.15, 0.2) is 0 Å². The van der Waals surface area contributed by atoms with Crippen molar-refractivity contribution in [2.75, 3.05) is 11.4 Å². The van der Waals surface area contributed by atoms with Gasteiger partial charge in [-0.25, -0.2) is 0 Å². The summed E-state index contributed by atoms with van der Waals surface area (Å²) in [4.78, 5) is 25.8. The Kier molecular flexibility index (Phi) is 2.37. The molecule has 4 rings (SSSR count). The number of fused-ring (bicyclic) bond motifs is 1. The van der Waals surface area contributed by atoms with Gasteiger partial charge in [0, 0.05) is 17.6 Å². The molecule has 5 nitrogen and oxygen atoms in total. The molecule has 1 spiro atoms. The minimum Gasteiger partial charge on any atom is -0.550 e. The van der Waals surface area contributed by atoms with Crippen LogP contribution in [0.15, 0.2) is 36.4 Å². The van der Waals surface area contributed by atoms with E-state index >= 15 is 0 Å². The molecule has 21 heavy (non-hydrogen) atoms. The predicted molar refractivity (Wildman–Crippen MR) is 72.3 cm³/mol. The van der Waals surface area contributed by atoms with Gasteiger partial charge in [0.1, 0.15) is 5.60 Å². The fourth-order valence-corrected chi connectivity index (χ4v) is 3.84. The zero-order valence-electron chi connectivity index (χ0n) is 11.5. The topological polar surface area (TPSA) is 69.7 Å². The van der Waals surface area contributed by atoms with Crippen LogP contribution in [0.5, 0.6) is 0 Å².